The third-order valence-corrected chi connectivity index (χ3v) is 18.9. The van der Waals surface area contributed by atoms with Gasteiger partial charge in [-0.25, -0.2) is 0 Å². The fourth-order valence-corrected chi connectivity index (χ4v) is 15.4. The lowest BCUT2D eigenvalue weighted by Gasteiger charge is -2.19. The molecule has 56 heavy (non-hydrogen) atoms. The van der Waals surface area contributed by atoms with Crippen molar-refractivity contribution in [1.82, 2.24) is 0 Å². The zero-order valence-corrected chi connectivity index (χ0v) is 38.9. The summed E-state index contributed by atoms with van der Waals surface area (Å²) in [7, 11) is -7.62. The van der Waals surface area contributed by atoms with E-state index in [1.54, 1.807) is 22.7 Å². The van der Waals surface area contributed by atoms with Crippen LogP contribution in [0, 0.1) is 0 Å². The summed E-state index contributed by atoms with van der Waals surface area (Å²) in [5, 5.41) is 0.899. The maximum atomic E-state index is 14.8. The first-order valence-electron chi connectivity index (χ1n) is 19.0. The Morgan fingerprint density at radius 2 is 0.732 bits per heavy atom. The van der Waals surface area contributed by atoms with Crippen LogP contribution in [0.15, 0.2) is 84.9 Å². The van der Waals surface area contributed by atoms with Gasteiger partial charge < -0.3 is 18.1 Å². The summed E-state index contributed by atoms with van der Waals surface area (Å²) in [6.45, 7) is 21.3. The standard InChI is InChI=1S/C44H52O6P2S4/c1-11-47-51(45,48-12-2)33-27-39(37-25-23-35(53-37)29-15-19-31(20-16-29)43(5,6)7)55-41(33)42-34(52(46,49-13-3)50-14-4)28-40(56-42)38-26-24-36(54-38)30-17-21-32(22-18-30)44(8,9)10/h15-28H,11-14H2,1-10H3. The minimum Gasteiger partial charge on any atom is -0.305 e. The highest BCUT2D eigenvalue weighted by Crippen LogP contribution is 2.58. The molecule has 0 atom stereocenters. The molecule has 2 aromatic carbocycles. The molecule has 0 aliphatic carbocycles. The zero-order valence-electron chi connectivity index (χ0n) is 33.9. The van der Waals surface area contributed by atoms with Gasteiger partial charge in [0.1, 0.15) is 0 Å². The fraction of sp³-hybridized carbons (Fsp3) is 0.364. The Bertz CT molecular complexity index is 2160. The monoisotopic (exact) mass is 866 g/mol. The molecular formula is C44H52O6P2S4. The van der Waals surface area contributed by atoms with Crippen molar-refractivity contribution < 1.29 is 27.2 Å². The highest BCUT2D eigenvalue weighted by molar-refractivity contribution is 7.64. The first kappa shape index (κ1) is 43.1. The van der Waals surface area contributed by atoms with E-state index >= 15 is 0 Å². The largest absolute Gasteiger partial charge is 0.362 e. The molecule has 0 saturated heterocycles. The molecular weight excluding hydrogens is 815 g/mol. The molecule has 6 nitrogen and oxygen atoms in total. The molecule has 4 aromatic heterocycles. The number of benzene rings is 2. The van der Waals surface area contributed by atoms with Crippen LogP contribution >= 0.6 is 60.5 Å². The van der Waals surface area contributed by atoms with E-state index in [1.807, 2.05) is 39.8 Å². The van der Waals surface area contributed by atoms with Crippen molar-refractivity contribution in [3.8, 4) is 50.1 Å². The van der Waals surface area contributed by atoms with Gasteiger partial charge in [-0.1, -0.05) is 90.1 Å². The third-order valence-electron chi connectivity index (χ3n) is 9.19. The lowest BCUT2D eigenvalue weighted by Crippen LogP contribution is -2.15. The number of hydrogen-bond acceptors (Lipinski definition) is 10. The second kappa shape index (κ2) is 17.4. The molecule has 0 bridgehead atoms. The predicted molar refractivity (Wildman–Crippen MR) is 244 cm³/mol. The van der Waals surface area contributed by atoms with Gasteiger partial charge in [-0.05, 0) is 97.2 Å². The van der Waals surface area contributed by atoms with Crippen LogP contribution in [-0.2, 0) is 38.1 Å². The normalized spacial score (nSPS) is 12.8. The Labute approximate surface area is 348 Å². The van der Waals surface area contributed by atoms with Crippen LogP contribution in [0.25, 0.3) is 50.1 Å². The molecule has 6 aromatic rings. The van der Waals surface area contributed by atoms with Gasteiger partial charge in [0.2, 0.25) is 0 Å². The topological polar surface area (TPSA) is 71.1 Å². The van der Waals surface area contributed by atoms with Crippen molar-refractivity contribution in [2.24, 2.45) is 0 Å². The Morgan fingerprint density at radius 1 is 0.429 bits per heavy atom. The van der Waals surface area contributed by atoms with Crippen LogP contribution in [0.3, 0.4) is 0 Å². The Hall–Kier alpha value is -2.46. The minimum atomic E-state index is -3.81. The van der Waals surface area contributed by atoms with Crippen molar-refractivity contribution in [3.05, 3.63) is 96.1 Å². The molecule has 298 valence electrons. The highest BCUT2D eigenvalue weighted by atomic mass is 32.1. The van der Waals surface area contributed by atoms with Gasteiger partial charge in [0.05, 0.1) is 46.8 Å². The molecule has 4 heterocycles. The van der Waals surface area contributed by atoms with Gasteiger partial charge in [0.25, 0.3) is 0 Å². The van der Waals surface area contributed by atoms with Gasteiger partial charge in [0, 0.05) is 29.3 Å². The zero-order chi connectivity index (χ0) is 40.5. The van der Waals surface area contributed by atoms with Crippen LogP contribution in [0.4, 0.5) is 0 Å². The molecule has 0 aliphatic rings. The second-order valence-electron chi connectivity index (χ2n) is 15.3. The first-order valence-corrected chi connectivity index (χ1v) is 25.4. The summed E-state index contributed by atoms with van der Waals surface area (Å²) < 4.78 is 53.5. The van der Waals surface area contributed by atoms with Gasteiger partial charge in [0.15, 0.2) is 0 Å². The Kier molecular flexibility index (Phi) is 13.4. The first-order chi connectivity index (χ1) is 26.5. The summed E-state index contributed by atoms with van der Waals surface area (Å²) in [5.41, 5.74) is 4.98. The van der Waals surface area contributed by atoms with Crippen molar-refractivity contribution in [2.45, 2.75) is 80.1 Å². The summed E-state index contributed by atoms with van der Waals surface area (Å²) in [4.78, 5) is 7.49. The molecule has 0 unspecified atom stereocenters. The van der Waals surface area contributed by atoms with Crippen molar-refractivity contribution in [3.63, 3.8) is 0 Å². The van der Waals surface area contributed by atoms with Crippen LogP contribution < -0.4 is 10.6 Å². The lowest BCUT2D eigenvalue weighted by molar-refractivity contribution is 0.229. The number of hydrogen-bond donors (Lipinski definition) is 0. The van der Waals surface area contributed by atoms with Crippen molar-refractivity contribution >= 4 is 71.1 Å². The van der Waals surface area contributed by atoms with Gasteiger partial charge in [-0.2, -0.15) is 0 Å². The lowest BCUT2D eigenvalue weighted by atomic mass is 9.86. The summed E-state index contributed by atoms with van der Waals surface area (Å²) in [6.07, 6.45) is 0. The maximum absolute atomic E-state index is 14.8. The average Bonchev–Trinajstić information content (AvgIpc) is 3.97. The quantitative estimate of drug-likeness (QED) is 0.0958. The van der Waals surface area contributed by atoms with Gasteiger partial charge >= 0.3 is 15.2 Å². The molecule has 0 saturated carbocycles. The molecule has 0 radical (unpaired) electrons. The molecule has 0 N–H and O–H groups in total. The van der Waals surface area contributed by atoms with E-state index < -0.39 is 15.2 Å². The van der Waals surface area contributed by atoms with Crippen LogP contribution in [0.2, 0.25) is 0 Å². The highest BCUT2D eigenvalue weighted by Gasteiger charge is 2.39. The van der Waals surface area contributed by atoms with E-state index in [0.29, 0.717) is 20.4 Å². The fourth-order valence-electron chi connectivity index (χ4n) is 6.29. The van der Waals surface area contributed by atoms with E-state index in [2.05, 4.69) is 114 Å². The Morgan fingerprint density at radius 3 is 1.02 bits per heavy atom. The molecule has 0 aliphatic heterocycles. The van der Waals surface area contributed by atoms with E-state index in [9.17, 15) is 9.13 Å². The minimum absolute atomic E-state index is 0.0664. The number of thiophene rings is 4. The van der Waals surface area contributed by atoms with Crippen LogP contribution in [0.5, 0.6) is 0 Å². The molecule has 6 rings (SSSR count). The van der Waals surface area contributed by atoms with Crippen LogP contribution in [0.1, 0.15) is 80.4 Å². The molecule has 0 fully saturated rings. The molecule has 12 heteroatoms. The second-order valence-corrected chi connectivity index (χ2v) is 23.6. The van der Waals surface area contributed by atoms with E-state index in [0.717, 1.165) is 40.4 Å². The van der Waals surface area contributed by atoms with E-state index in [1.165, 1.54) is 33.8 Å². The van der Waals surface area contributed by atoms with Crippen molar-refractivity contribution in [1.29, 1.82) is 0 Å². The van der Waals surface area contributed by atoms with Gasteiger partial charge in [-0.3, -0.25) is 9.13 Å². The average molecular weight is 867 g/mol. The smallest absolute Gasteiger partial charge is 0.305 e. The third kappa shape index (κ3) is 9.21. The van der Waals surface area contributed by atoms with Crippen molar-refractivity contribution in [2.75, 3.05) is 26.4 Å². The Balaban J connectivity index is 1.50. The van der Waals surface area contributed by atoms with Gasteiger partial charge in [-0.15, -0.1) is 45.3 Å². The SMILES string of the molecule is CCOP(=O)(OCC)c1cc(-c2ccc(-c3ccc(C(C)(C)C)cc3)s2)sc1-c1sc(-c2ccc(-c3ccc(C(C)(C)C)cc3)s2)cc1P(=O)(OCC)OCC. The summed E-state index contributed by atoms with van der Waals surface area (Å²) >= 11 is 6.35. The maximum Gasteiger partial charge on any atom is 0.362 e. The predicted octanol–water partition coefficient (Wildman–Crippen LogP) is 14.6. The number of rotatable bonds is 15. The van der Waals surface area contributed by atoms with E-state index in [-0.39, 0.29) is 37.3 Å². The summed E-state index contributed by atoms with van der Waals surface area (Å²) in [5.74, 6) is 0. The van der Waals surface area contributed by atoms with Crippen LogP contribution in [-0.4, -0.2) is 26.4 Å². The molecule has 0 amide bonds. The summed E-state index contributed by atoms with van der Waals surface area (Å²) in [6, 6.07) is 29.8. The molecule has 0 spiro atoms. The van der Waals surface area contributed by atoms with E-state index in [4.69, 9.17) is 18.1 Å².